The topological polar surface area (TPSA) is 97.5 Å². The summed E-state index contributed by atoms with van der Waals surface area (Å²) in [5.74, 6) is -1.82. The molecule has 0 heterocycles. The summed E-state index contributed by atoms with van der Waals surface area (Å²) in [4.78, 5) is 35.0. The minimum atomic E-state index is -1.12. The van der Waals surface area contributed by atoms with Crippen LogP contribution in [0.15, 0.2) is 71.6 Å². The van der Waals surface area contributed by atoms with E-state index in [0.29, 0.717) is 11.1 Å². The number of benzene rings is 3. The zero-order valence-electron chi connectivity index (χ0n) is 16.3. The highest BCUT2D eigenvalue weighted by molar-refractivity contribution is 8.03. The number of carboxylic acids is 1. The highest BCUT2D eigenvalue weighted by atomic mass is 35.5. The molecule has 0 aliphatic heterocycles. The molecule has 0 spiro atoms. The van der Waals surface area contributed by atoms with E-state index in [-0.39, 0.29) is 32.5 Å². The number of halogens is 2. The number of allylic oxidation sites excluding steroid dienone is 1. The summed E-state index contributed by atoms with van der Waals surface area (Å²) in [6.07, 6.45) is 1.46. The number of hydrogen-bond donors (Lipinski definition) is 1. The summed E-state index contributed by atoms with van der Waals surface area (Å²) < 4.78 is 14.0. The molecule has 0 aliphatic rings. The molecule has 32 heavy (non-hydrogen) atoms. The van der Waals surface area contributed by atoms with Crippen LogP contribution >= 0.6 is 23.4 Å². The summed E-state index contributed by atoms with van der Waals surface area (Å²) in [7, 11) is 0. The summed E-state index contributed by atoms with van der Waals surface area (Å²) in [6, 6.07) is 15.7. The number of rotatable bonds is 8. The van der Waals surface area contributed by atoms with Gasteiger partial charge in [-0.05, 0) is 41.5 Å². The highest BCUT2D eigenvalue weighted by Gasteiger charge is 2.17. The van der Waals surface area contributed by atoms with E-state index in [4.69, 9.17) is 16.7 Å². The van der Waals surface area contributed by atoms with Gasteiger partial charge in [-0.1, -0.05) is 48.0 Å². The Morgan fingerprint density at radius 2 is 1.72 bits per heavy atom. The van der Waals surface area contributed by atoms with Crippen LogP contribution in [-0.4, -0.2) is 21.8 Å². The lowest BCUT2D eigenvalue weighted by Gasteiger charge is -2.09. The smallest absolute Gasteiger partial charge is 0.335 e. The zero-order chi connectivity index (χ0) is 23.3. The van der Waals surface area contributed by atoms with E-state index in [1.165, 1.54) is 54.6 Å². The van der Waals surface area contributed by atoms with E-state index in [2.05, 4.69) is 0 Å². The van der Waals surface area contributed by atoms with E-state index in [1.807, 2.05) is 0 Å². The van der Waals surface area contributed by atoms with Crippen molar-refractivity contribution < 1.29 is 24.0 Å². The molecule has 3 rings (SSSR count). The monoisotopic (exact) mass is 471 g/mol. The van der Waals surface area contributed by atoms with Crippen molar-refractivity contribution in [2.45, 2.75) is 5.75 Å². The number of Topliss-reactive ketones (excluding diaryl/α,β-unsaturated/α-hetero) is 1. The molecule has 0 fully saturated rings. The van der Waals surface area contributed by atoms with Gasteiger partial charge in [0.05, 0.1) is 15.4 Å². The molecule has 0 radical (unpaired) electrons. The Bertz CT molecular complexity index is 1230. The maximum absolute atomic E-state index is 14.0. The van der Waals surface area contributed by atoms with Crippen molar-refractivity contribution >= 4 is 46.9 Å². The van der Waals surface area contributed by atoms with Crippen molar-refractivity contribution in [3.8, 4) is 0 Å². The van der Waals surface area contributed by atoms with Gasteiger partial charge in [0.2, 0.25) is 0 Å². The van der Waals surface area contributed by atoms with Crippen molar-refractivity contribution in [2.75, 3.05) is 0 Å². The lowest BCUT2D eigenvalue weighted by molar-refractivity contribution is -0.384. The van der Waals surface area contributed by atoms with Crippen LogP contribution in [0.2, 0.25) is 5.02 Å². The second-order valence-corrected chi connectivity index (χ2v) is 7.99. The largest absolute Gasteiger partial charge is 0.478 e. The number of nitro benzene ring substituents is 1. The van der Waals surface area contributed by atoms with Crippen molar-refractivity contribution in [3.63, 3.8) is 0 Å². The number of nitrogens with zero attached hydrogens (tertiary/aromatic N) is 1. The lowest BCUT2D eigenvalue weighted by atomic mass is 10.1. The number of hydrogen-bond acceptors (Lipinski definition) is 5. The Balaban J connectivity index is 1.98. The molecular formula is C23H15ClFNO5S. The summed E-state index contributed by atoms with van der Waals surface area (Å²) >= 11 is 6.93. The second-order valence-electron chi connectivity index (χ2n) is 6.57. The summed E-state index contributed by atoms with van der Waals surface area (Å²) in [5, 5.41) is 20.2. The van der Waals surface area contributed by atoms with Crippen LogP contribution in [0.1, 0.15) is 31.8 Å². The van der Waals surface area contributed by atoms with Gasteiger partial charge in [-0.25, -0.2) is 9.18 Å². The summed E-state index contributed by atoms with van der Waals surface area (Å²) in [6.45, 7) is 0. The predicted molar refractivity (Wildman–Crippen MR) is 122 cm³/mol. The average Bonchev–Trinajstić information content (AvgIpc) is 2.78. The molecule has 9 heteroatoms. The number of carbonyl (C=O) groups excluding carboxylic acids is 1. The van der Waals surface area contributed by atoms with Crippen LogP contribution in [0, 0.1) is 15.9 Å². The third kappa shape index (κ3) is 5.60. The molecule has 0 saturated carbocycles. The van der Waals surface area contributed by atoms with Gasteiger partial charge in [0, 0.05) is 17.4 Å². The molecule has 0 aliphatic carbocycles. The maximum atomic E-state index is 14.0. The molecule has 0 amide bonds. The van der Waals surface area contributed by atoms with Crippen LogP contribution in [0.3, 0.4) is 0 Å². The van der Waals surface area contributed by atoms with Gasteiger partial charge in [-0.3, -0.25) is 14.9 Å². The number of carboxylic acid groups (broad SMARTS) is 1. The summed E-state index contributed by atoms with van der Waals surface area (Å²) in [5.41, 5.74) is 0.703. The fourth-order valence-corrected chi connectivity index (χ4v) is 3.96. The minimum Gasteiger partial charge on any atom is -0.478 e. The third-order valence-electron chi connectivity index (χ3n) is 4.42. The van der Waals surface area contributed by atoms with Crippen LogP contribution in [-0.2, 0) is 5.75 Å². The van der Waals surface area contributed by atoms with Gasteiger partial charge in [-0.2, -0.15) is 0 Å². The van der Waals surface area contributed by atoms with Crippen molar-refractivity contribution in [1.82, 2.24) is 0 Å². The van der Waals surface area contributed by atoms with Crippen molar-refractivity contribution in [2.24, 2.45) is 0 Å². The van der Waals surface area contributed by atoms with Gasteiger partial charge in [0.15, 0.2) is 5.78 Å². The number of thioether (sulfide) groups is 1. The van der Waals surface area contributed by atoms with Gasteiger partial charge >= 0.3 is 5.97 Å². The maximum Gasteiger partial charge on any atom is 0.335 e. The number of nitro groups is 1. The van der Waals surface area contributed by atoms with Crippen LogP contribution in [0.25, 0.3) is 6.08 Å². The fraction of sp³-hybridized carbons (Fsp3) is 0.0435. The van der Waals surface area contributed by atoms with E-state index >= 15 is 0 Å². The minimum absolute atomic E-state index is 0.0272. The van der Waals surface area contributed by atoms with E-state index in [9.17, 15) is 24.1 Å². The first-order valence-electron chi connectivity index (χ1n) is 9.16. The highest BCUT2D eigenvalue weighted by Crippen LogP contribution is 2.31. The number of carbonyl (C=O) groups is 2. The van der Waals surface area contributed by atoms with Crippen molar-refractivity contribution in [3.05, 3.63) is 115 Å². The molecule has 6 nitrogen and oxygen atoms in total. The molecule has 162 valence electrons. The molecule has 1 N–H and O–H groups in total. The molecule has 3 aromatic carbocycles. The number of ketones is 1. The molecule has 0 bridgehead atoms. The second kappa shape index (κ2) is 10.2. The molecule has 0 unspecified atom stereocenters. The Morgan fingerprint density at radius 3 is 2.34 bits per heavy atom. The molecule has 0 aromatic heterocycles. The quantitative estimate of drug-likeness (QED) is 0.181. The average molecular weight is 472 g/mol. The molecular weight excluding hydrogens is 457 g/mol. The van der Waals surface area contributed by atoms with Gasteiger partial charge in [0.25, 0.3) is 5.69 Å². The molecule has 0 saturated heterocycles. The van der Waals surface area contributed by atoms with E-state index in [0.717, 1.165) is 11.8 Å². The van der Waals surface area contributed by atoms with E-state index in [1.54, 1.807) is 18.2 Å². The third-order valence-corrected chi connectivity index (χ3v) is 5.81. The van der Waals surface area contributed by atoms with Crippen molar-refractivity contribution in [1.29, 1.82) is 0 Å². The molecule has 0 atom stereocenters. The Kier molecular flexibility index (Phi) is 7.40. The van der Waals surface area contributed by atoms with Crippen LogP contribution in [0.5, 0.6) is 0 Å². The fourth-order valence-electron chi connectivity index (χ4n) is 2.76. The van der Waals surface area contributed by atoms with Gasteiger partial charge < -0.3 is 5.11 Å². The van der Waals surface area contributed by atoms with Crippen LogP contribution < -0.4 is 0 Å². The first-order valence-corrected chi connectivity index (χ1v) is 10.5. The SMILES string of the molecule is O=C(O)c1ccc(C(=O)C(=Cc2ccc(Cl)c([N+](=O)[O-])c2)SCc2ccccc2F)cc1. The molecule has 3 aromatic rings. The zero-order valence-corrected chi connectivity index (χ0v) is 17.9. The van der Waals surface area contributed by atoms with Gasteiger partial charge in [-0.15, -0.1) is 11.8 Å². The predicted octanol–water partition coefficient (Wildman–Crippen LogP) is 6.24. The van der Waals surface area contributed by atoms with Crippen LogP contribution in [0.4, 0.5) is 10.1 Å². The Labute approximate surface area is 191 Å². The van der Waals surface area contributed by atoms with Gasteiger partial charge in [0.1, 0.15) is 10.8 Å². The standard InChI is InChI=1S/C23H15ClFNO5S/c24-18-10-5-14(11-20(18)26(30)31)12-21(32-13-17-3-1-2-4-19(17)25)22(27)15-6-8-16(9-7-15)23(28)29/h1-12H,13H2,(H,28,29). The normalized spacial score (nSPS) is 11.2. The lowest BCUT2D eigenvalue weighted by Crippen LogP contribution is -2.03. The van der Waals surface area contributed by atoms with E-state index < -0.39 is 22.5 Å². The Hall–Kier alpha value is -3.49. The number of aromatic carboxylic acids is 1. The first-order chi connectivity index (χ1) is 15.3. The Morgan fingerprint density at radius 1 is 1.06 bits per heavy atom. The first kappa shape index (κ1) is 23.2.